The highest BCUT2D eigenvalue weighted by Gasteiger charge is 2.45. The van der Waals surface area contributed by atoms with Crippen LogP contribution in [0.1, 0.15) is 39.0 Å². The molecule has 3 atom stereocenters. The predicted molar refractivity (Wildman–Crippen MR) is 61.6 cm³/mol. The Morgan fingerprint density at radius 1 is 1.50 bits per heavy atom. The lowest BCUT2D eigenvalue weighted by Crippen LogP contribution is -2.29. The average molecular weight is 212 g/mol. The average Bonchev–Trinajstić information content (AvgIpc) is 2.87. The first-order chi connectivity index (χ1) is 6.80. The first kappa shape index (κ1) is 10.5. The Bertz CT molecular complexity index is 210. The maximum Gasteiger partial charge on any atom is 0.126 e. The quantitative estimate of drug-likeness (QED) is 0.669. The minimum absolute atomic E-state index is 0.0875. The Balaban J connectivity index is 2.06. The van der Waals surface area contributed by atoms with E-state index >= 15 is 0 Å². The van der Waals surface area contributed by atoms with Crippen molar-refractivity contribution in [1.82, 2.24) is 0 Å². The summed E-state index contributed by atoms with van der Waals surface area (Å²) in [6.45, 7) is 2.26. The molecule has 1 saturated carbocycles. The monoisotopic (exact) mass is 212 g/mol. The van der Waals surface area contributed by atoms with Crippen molar-refractivity contribution in [3.63, 3.8) is 0 Å². The van der Waals surface area contributed by atoms with Gasteiger partial charge in [0.05, 0.1) is 0 Å². The van der Waals surface area contributed by atoms with E-state index in [9.17, 15) is 4.79 Å². The molecule has 1 nitrogen and oxygen atoms in total. The SMILES string of the molecule is CCC1CCC(C=O)(C2CCSC2)C1. The van der Waals surface area contributed by atoms with Gasteiger partial charge in [-0.15, -0.1) is 0 Å². The summed E-state index contributed by atoms with van der Waals surface area (Å²) in [4.78, 5) is 11.4. The summed E-state index contributed by atoms with van der Waals surface area (Å²) in [6.07, 6.45) is 7.48. The highest BCUT2D eigenvalue weighted by molar-refractivity contribution is 7.99. The number of rotatable bonds is 3. The second kappa shape index (κ2) is 4.26. The molecule has 2 heteroatoms. The molecule has 0 N–H and O–H groups in total. The summed E-state index contributed by atoms with van der Waals surface area (Å²) < 4.78 is 0. The molecule has 0 aromatic rings. The number of carbonyl (C=O) groups is 1. The number of hydrogen-bond acceptors (Lipinski definition) is 2. The van der Waals surface area contributed by atoms with Crippen LogP contribution in [0.15, 0.2) is 0 Å². The van der Waals surface area contributed by atoms with E-state index in [0.29, 0.717) is 5.92 Å². The first-order valence-corrected chi connectivity index (χ1v) is 7.00. The second-order valence-corrected chi connectivity index (χ2v) is 6.08. The molecule has 0 spiro atoms. The maximum atomic E-state index is 11.4. The fraction of sp³-hybridized carbons (Fsp3) is 0.917. The minimum Gasteiger partial charge on any atom is -0.303 e. The van der Waals surface area contributed by atoms with E-state index in [1.54, 1.807) is 0 Å². The maximum absolute atomic E-state index is 11.4. The van der Waals surface area contributed by atoms with Crippen molar-refractivity contribution in [2.75, 3.05) is 11.5 Å². The molecular formula is C12H20OS. The molecule has 0 aromatic carbocycles. The Labute approximate surface area is 91.0 Å². The molecule has 1 saturated heterocycles. The van der Waals surface area contributed by atoms with Gasteiger partial charge in [0, 0.05) is 5.41 Å². The first-order valence-electron chi connectivity index (χ1n) is 5.85. The molecule has 3 unspecified atom stereocenters. The van der Waals surface area contributed by atoms with Crippen LogP contribution in [-0.2, 0) is 4.79 Å². The van der Waals surface area contributed by atoms with Gasteiger partial charge in [-0.2, -0.15) is 11.8 Å². The summed E-state index contributed by atoms with van der Waals surface area (Å²) in [5.74, 6) is 4.03. The van der Waals surface area contributed by atoms with Gasteiger partial charge in [-0.25, -0.2) is 0 Å². The largest absolute Gasteiger partial charge is 0.303 e. The summed E-state index contributed by atoms with van der Waals surface area (Å²) in [7, 11) is 0. The van der Waals surface area contributed by atoms with Gasteiger partial charge >= 0.3 is 0 Å². The van der Waals surface area contributed by atoms with E-state index < -0.39 is 0 Å². The van der Waals surface area contributed by atoms with Gasteiger partial charge in [0.2, 0.25) is 0 Å². The normalized spacial score (nSPS) is 42.9. The van der Waals surface area contributed by atoms with Crippen molar-refractivity contribution < 1.29 is 4.79 Å². The van der Waals surface area contributed by atoms with Gasteiger partial charge in [0.15, 0.2) is 0 Å². The van der Waals surface area contributed by atoms with Crippen molar-refractivity contribution in [3.8, 4) is 0 Å². The predicted octanol–water partition coefficient (Wildman–Crippen LogP) is 3.13. The lowest BCUT2D eigenvalue weighted by atomic mass is 9.74. The molecule has 2 fully saturated rings. The fourth-order valence-electron chi connectivity index (χ4n) is 3.12. The van der Waals surface area contributed by atoms with E-state index in [2.05, 4.69) is 6.92 Å². The Kier molecular flexibility index (Phi) is 3.20. The lowest BCUT2D eigenvalue weighted by molar-refractivity contribution is -0.118. The van der Waals surface area contributed by atoms with Crippen LogP contribution in [0.5, 0.6) is 0 Å². The van der Waals surface area contributed by atoms with Crippen molar-refractivity contribution in [1.29, 1.82) is 0 Å². The zero-order valence-electron chi connectivity index (χ0n) is 9.00. The van der Waals surface area contributed by atoms with Crippen LogP contribution in [0.4, 0.5) is 0 Å². The molecule has 0 bridgehead atoms. The highest BCUT2D eigenvalue weighted by Crippen LogP contribution is 2.50. The minimum atomic E-state index is 0.0875. The molecule has 0 aromatic heterocycles. The number of carbonyl (C=O) groups excluding carboxylic acids is 1. The van der Waals surface area contributed by atoms with E-state index in [-0.39, 0.29) is 5.41 Å². The van der Waals surface area contributed by atoms with Gasteiger partial charge in [0.1, 0.15) is 6.29 Å². The highest BCUT2D eigenvalue weighted by atomic mass is 32.2. The Morgan fingerprint density at radius 2 is 2.36 bits per heavy atom. The fourth-order valence-corrected chi connectivity index (χ4v) is 4.53. The van der Waals surface area contributed by atoms with Gasteiger partial charge < -0.3 is 4.79 Å². The van der Waals surface area contributed by atoms with Crippen LogP contribution >= 0.6 is 11.8 Å². The topological polar surface area (TPSA) is 17.1 Å². The van der Waals surface area contributed by atoms with Gasteiger partial charge in [-0.3, -0.25) is 0 Å². The van der Waals surface area contributed by atoms with Gasteiger partial charge in [-0.05, 0) is 49.0 Å². The smallest absolute Gasteiger partial charge is 0.126 e. The third-order valence-corrected chi connectivity index (χ3v) is 5.40. The summed E-state index contributed by atoms with van der Waals surface area (Å²) in [5, 5.41) is 0. The summed E-state index contributed by atoms with van der Waals surface area (Å²) in [6, 6.07) is 0. The molecule has 1 aliphatic carbocycles. The van der Waals surface area contributed by atoms with Crippen LogP contribution in [0.2, 0.25) is 0 Å². The standard InChI is InChI=1S/C12H20OS/c1-2-10-3-5-12(7-10,9-13)11-4-6-14-8-11/h9-11H,2-8H2,1H3. The van der Waals surface area contributed by atoms with Crippen molar-refractivity contribution in [2.45, 2.75) is 39.0 Å². The molecule has 2 rings (SSSR count). The Hall–Kier alpha value is 0.0200. The number of hydrogen-bond donors (Lipinski definition) is 0. The van der Waals surface area contributed by atoms with Crippen molar-refractivity contribution >= 4 is 18.0 Å². The molecule has 1 aliphatic heterocycles. The zero-order chi connectivity index (χ0) is 10.0. The number of thioether (sulfide) groups is 1. The lowest BCUT2D eigenvalue weighted by Gasteiger charge is -2.29. The third-order valence-electron chi connectivity index (χ3n) is 4.24. The summed E-state index contributed by atoms with van der Waals surface area (Å²) in [5.41, 5.74) is 0.0875. The van der Waals surface area contributed by atoms with Gasteiger partial charge in [0.25, 0.3) is 0 Å². The van der Waals surface area contributed by atoms with E-state index in [1.807, 2.05) is 11.8 Å². The Morgan fingerprint density at radius 3 is 2.86 bits per heavy atom. The van der Waals surface area contributed by atoms with Crippen LogP contribution < -0.4 is 0 Å². The molecule has 80 valence electrons. The van der Waals surface area contributed by atoms with E-state index in [4.69, 9.17) is 0 Å². The number of aldehydes is 1. The van der Waals surface area contributed by atoms with Crippen molar-refractivity contribution in [3.05, 3.63) is 0 Å². The molecule has 2 aliphatic rings. The van der Waals surface area contributed by atoms with Crippen LogP contribution in [0.25, 0.3) is 0 Å². The molecule has 14 heavy (non-hydrogen) atoms. The molecule has 0 amide bonds. The molecule has 0 radical (unpaired) electrons. The van der Waals surface area contributed by atoms with Gasteiger partial charge in [-0.1, -0.05) is 13.3 Å². The van der Waals surface area contributed by atoms with Crippen LogP contribution in [-0.4, -0.2) is 17.8 Å². The van der Waals surface area contributed by atoms with E-state index in [0.717, 1.165) is 5.92 Å². The zero-order valence-corrected chi connectivity index (χ0v) is 9.81. The molecule has 1 heterocycles. The second-order valence-electron chi connectivity index (χ2n) is 4.93. The van der Waals surface area contributed by atoms with Crippen LogP contribution in [0.3, 0.4) is 0 Å². The van der Waals surface area contributed by atoms with Crippen LogP contribution in [0, 0.1) is 17.3 Å². The van der Waals surface area contributed by atoms with E-state index in [1.165, 1.54) is 49.9 Å². The van der Waals surface area contributed by atoms with Crippen molar-refractivity contribution in [2.24, 2.45) is 17.3 Å². The summed E-state index contributed by atoms with van der Waals surface area (Å²) >= 11 is 2.03. The third kappa shape index (κ3) is 1.73. The molecular weight excluding hydrogens is 192 g/mol.